The maximum Gasteiger partial charge on any atom is 0.260 e. The van der Waals surface area contributed by atoms with E-state index < -0.39 is 6.04 Å². The Morgan fingerprint density at radius 1 is 1.15 bits per heavy atom. The first-order valence-corrected chi connectivity index (χ1v) is 14.6. The van der Waals surface area contributed by atoms with Crippen molar-refractivity contribution in [2.45, 2.75) is 31.5 Å². The van der Waals surface area contributed by atoms with Gasteiger partial charge in [0, 0.05) is 30.2 Å². The number of hydrogen-bond donors (Lipinski definition) is 2. The van der Waals surface area contributed by atoms with E-state index in [4.69, 9.17) is 19.3 Å². The SMILES string of the molecule is CCCSc1nc2n(n1)C(c1ccc(OCC(=O)N3CCOCC3)c(OC)c1)C(C(=O)Nc1ccccc1)=C(C)N2. The predicted octanol–water partition coefficient (Wildman–Crippen LogP) is 3.95. The molecule has 41 heavy (non-hydrogen) atoms. The van der Waals surface area contributed by atoms with E-state index in [0.717, 1.165) is 17.7 Å². The van der Waals surface area contributed by atoms with Gasteiger partial charge in [0.15, 0.2) is 18.1 Å². The number of aromatic nitrogens is 3. The van der Waals surface area contributed by atoms with Crippen molar-refractivity contribution in [3.8, 4) is 11.5 Å². The van der Waals surface area contributed by atoms with Crippen molar-refractivity contribution in [2.24, 2.45) is 0 Å². The van der Waals surface area contributed by atoms with Crippen LogP contribution in [-0.4, -0.2) is 77.3 Å². The molecule has 1 saturated heterocycles. The van der Waals surface area contributed by atoms with Crippen molar-refractivity contribution in [2.75, 3.05) is 56.4 Å². The molecule has 2 amide bonds. The van der Waals surface area contributed by atoms with Gasteiger partial charge in [-0.05, 0) is 43.2 Å². The summed E-state index contributed by atoms with van der Waals surface area (Å²) in [5.74, 6) is 1.94. The molecule has 1 unspecified atom stereocenters. The van der Waals surface area contributed by atoms with E-state index in [1.165, 1.54) is 0 Å². The highest BCUT2D eigenvalue weighted by Crippen LogP contribution is 2.40. The van der Waals surface area contributed by atoms with E-state index in [1.807, 2.05) is 49.4 Å². The molecule has 2 aliphatic rings. The number of anilines is 2. The van der Waals surface area contributed by atoms with E-state index >= 15 is 0 Å². The highest BCUT2D eigenvalue weighted by atomic mass is 32.2. The zero-order chi connectivity index (χ0) is 28.8. The van der Waals surface area contributed by atoms with Gasteiger partial charge in [0.05, 0.1) is 25.9 Å². The maximum atomic E-state index is 13.7. The number of thioether (sulfide) groups is 1. The van der Waals surface area contributed by atoms with Crippen LogP contribution in [0.15, 0.2) is 65.0 Å². The average molecular weight is 579 g/mol. The number of ether oxygens (including phenoxy) is 3. The smallest absolute Gasteiger partial charge is 0.260 e. The lowest BCUT2D eigenvalue weighted by Crippen LogP contribution is -2.43. The fraction of sp³-hybridized carbons (Fsp3) is 0.379. The van der Waals surface area contributed by atoms with Gasteiger partial charge >= 0.3 is 0 Å². The van der Waals surface area contributed by atoms with Gasteiger partial charge < -0.3 is 29.7 Å². The molecule has 1 aromatic heterocycles. The Morgan fingerprint density at radius 2 is 1.93 bits per heavy atom. The van der Waals surface area contributed by atoms with Crippen LogP contribution in [0.1, 0.15) is 31.9 Å². The van der Waals surface area contributed by atoms with Gasteiger partial charge in [0.1, 0.15) is 6.04 Å². The van der Waals surface area contributed by atoms with Gasteiger partial charge in [-0.2, -0.15) is 4.98 Å². The Balaban J connectivity index is 1.46. The van der Waals surface area contributed by atoms with Crippen LogP contribution in [0.25, 0.3) is 0 Å². The molecule has 2 aliphatic heterocycles. The summed E-state index contributed by atoms with van der Waals surface area (Å²) < 4.78 is 18.6. The van der Waals surface area contributed by atoms with E-state index in [1.54, 1.807) is 34.5 Å². The van der Waals surface area contributed by atoms with Crippen LogP contribution in [-0.2, 0) is 14.3 Å². The monoisotopic (exact) mass is 578 g/mol. The molecule has 11 nitrogen and oxygen atoms in total. The molecule has 5 rings (SSSR count). The normalized spacial score (nSPS) is 16.6. The number of carbonyl (C=O) groups excluding carboxylic acids is 2. The Kier molecular flexibility index (Phi) is 9.10. The van der Waals surface area contributed by atoms with Crippen molar-refractivity contribution in [3.63, 3.8) is 0 Å². The third-order valence-electron chi connectivity index (χ3n) is 6.76. The Morgan fingerprint density at radius 3 is 2.66 bits per heavy atom. The second-order valence-corrected chi connectivity index (χ2v) is 10.7. The minimum Gasteiger partial charge on any atom is -0.493 e. The summed E-state index contributed by atoms with van der Waals surface area (Å²) in [5.41, 5.74) is 2.61. The van der Waals surface area contributed by atoms with E-state index in [-0.39, 0.29) is 18.4 Å². The number of methoxy groups -OCH3 is 1. The number of fused-ring (bicyclic) bond motifs is 1. The van der Waals surface area contributed by atoms with Gasteiger partial charge in [0.25, 0.3) is 11.8 Å². The minimum atomic E-state index is -0.587. The third kappa shape index (κ3) is 6.49. The molecule has 0 aliphatic carbocycles. The molecule has 0 saturated carbocycles. The van der Waals surface area contributed by atoms with Crippen LogP contribution >= 0.6 is 11.8 Å². The predicted molar refractivity (Wildman–Crippen MR) is 156 cm³/mol. The standard InChI is InChI=1S/C29H34N6O5S/c1-4-16-41-29-32-28-30-19(2)25(27(37)31-21-8-6-5-7-9-21)26(35(28)33-29)20-10-11-22(23(17-20)38-3)40-18-24(36)34-12-14-39-15-13-34/h5-11,17,26H,4,12-16,18H2,1-3H3,(H,31,37)(H,30,32,33). The molecule has 0 radical (unpaired) electrons. The van der Waals surface area contributed by atoms with Crippen molar-refractivity contribution < 1.29 is 23.8 Å². The Labute approximate surface area is 243 Å². The molecule has 2 aromatic carbocycles. The molecule has 3 heterocycles. The van der Waals surface area contributed by atoms with Gasteiger partial charge in [0.2, 0.25) is 11.1 Å². The summed E-state index contributed by atoms with van der Waals surface area (Å²) in [6.07, 6.45) is 0.986. The van der Waals surface area contributed by atoms with Crippen molar-refractivity contribution in [3.05, 3.63) is 65.4 Å². The minimum absolute atomic E-state index is 0.111. The molecule has 2 N–H and O–H groups in total. The Bertz CT molecular complexity index is 1420. The zero-order valence-corrected chi connectivity index (χ0v) is 24.2. The number of nitrogens with one attached hydrogen (secondary N) is 2. The highest BCUT2D eigenvalue weighted by molar-refractivity contribution is 7.99. The van der Waals surface area contributed by atoms with Gasteiger partial charge in [-0.15, -0.1) is 5.10 Å². The van der Waals surface area contributed by atoms with Crippen molar-refractivity contribution in [1.29, 1.82) is 0 Å². The highest BCUT2D eigenvalue weighted by Gasteiger charge is 2.35. The molecular formula is C29H34N6O5S. The molecular weight excluding hydrogens is 544 g/mol. The number of allylic oxidation sites excluding steroid dienone is 1. The van der Waals surface area contributed by atoms with Crippen LogP contribution < -0.4 is 20.1 Å². The first-order valence-electron chi connectivity index (χ1n) is 13.6. The van der Waals surface area contributed by atoms with Gasteiger partial charge in [-0.3, -0.25) is 9.59 Å². The molecule has 216 valence electrons. The summed E-state index contributed by atoms with van der Waals surface area (Å²) >= 11 is 1.57. The number of rotatable bonds is 10. The van der Waals surface area contributed by atoms with Crippen LogP contribution in [0.2, 0.25) is 0 Å². The second-order valence-electron chi connectivity index (χ2n) is 9.59. The van der Waals surface area contributed by atoms with Crippen LogP contribution in [0.3, 0.4) is 0 Å². The third-order valence-corrected chi connectivity index (χ3v) is 7.81. The lowest BCUT2D eigenvalue weighted by Gasteiger charge is -2.29. The van der Waals surface area contributed by atoms with Gasteiger partial charge in [-0.25, -0.2) is 4.68 Å². The Hall–Kier alpha value is -4.03. The number of hydrogen-bond acceptors (Lipinski definition) is 9. The van der Waals surface area contributed by atoms with E-state index in [0.29, 0.717) is 65.9 Å². The summed E-state index contributed by atoms with van der Waals surface area (Å²) in [6, 6.07) is 14.2. The number of benzene rings is 2. The van der Waals surface area contributed by atoms with Crippen molar-refractivity contribution >= 4 is 35.2 Å². The van der Waals surface area contributed by atoms with Gasteiger partial charge in [-0.1, -0.05) is 43.0 Å². The van der Waals surface area contributed by atoms with E-state index in [9.17, 15) is 9.59 Å². The summed E-state index contributed by atoms with van der Waals surface area (Å²) in [4.78, 5) is 32.8. The average Bonchev–Trinajstić information content (AvgIpc) is 3.41. The van der Waals surface area contributed by atoms with Crippen molar-refractivity contribution in [1.82, 2.24) is 19.7 Å². The number of carbonyl (C=O) groups is 2. The summed E-state index contributed by atoms with van der Waals surface area (Å²) in [5, 5.41) is 11.7. The molecule has 0 spiro atoms. The molecule has 0 bridgehead atoms. The quantitative estimate of drug-likeness (QED) is 0.345. The molecule has 12 heteroatoms. The molecule has 1 atom stereocenters. The maximum absolute atomic E-state index is 13.7. The van der Waals surface area contributed by atoms with Crippen LogP contribution in [0.5, 0.6) is 11.5 Å². The molecule has 3 aromatic rings. The largest absolute Gasteiger partial charge is 0.493 e. The zero-order valence-electron chi connectivity index (χ0n) is 23.4. The number of para-hydroxylation sites is 1. The number of amides is 2. The van der Waals surface area contributed by atoms with E-state index in [2.05, 4.69) is 22.5 Å². The topological polar surface area (TPSA) is 120 Å². The fourth-order valence-corrected chi connectivity index (χ4v) is 5.41. The number of morpholine rings is 1. The fourth-order valence-electron chi connectivity index (χ4n) is 4.73. The summed E-state index contributed by atoms with van der Waals surface area (Å²) in [6.45, 7) is 5.99. The van der Waals surface area contributed by atoms with Crippen LogP contribution in [0, 0.1) is 0 Å². The number of nitrogens with zero attached hydrogens (tertiary/aromatic N) is 4. The van der Waals surface area contributed by atoms with Crippen LogP contribution in [0.4, 0.5) is 11.6 Å². The molecule has 1 fully saturated rings. The lowest BCUT2D eigenvalue weighted by atomic mass is 9.94. The second kappa shape index (κ2) is 13.1. The first kappa shape index (κ1) is 28.5. The lowest BCUT2D eigenvalue weighted by molar-refractivity contribution is -0.137. The first-order chi connectivity index (χ1) is 20.0. The summed E-state index contributed by atoms with van der Waals surface area (Å²) in [7, 11) is 1.54.